The van der Waals surface area contributed by atoms with Crippen molar-refractivity contribution in [3.8, 4) is 0 Å². The van der Waals surface area contributed by atoms with Crippen LogP contribution in [0.4, 0.5) is 0 Å². The molecule has 0 aliphatic carbocycles. The van der Waals surface area contributed by atoms with Crippen molar-refractivity contribution in [2.45, 2.75) is 39.8 Å². The summed E-state index contributed by atoms with van der Waals surface area (Å²) >= 11 is 12.0. The number of rotatable bonds is 5. The molecule has 0 saturated heterocycles. The summed E-state index contributed by atoms with van der Waals surface area (Å²) in [5.74, 6) is 5.71. The first-order chi connectivity index (χ1) is 8.81. The van der Waals surface area contributed by atoms with E-state index in [2.05, 4.69) is 26.2 Å². The van der Waals surface area contributed by atoms with Gasteiger partial charge in [0, 0.05) is 6.61 Å². The van der Waals surface area contributed by atoms with Gasteiger partial charge in [-0.05, 0) is 30.0 Å². The van der Waals surface area contributed by atoms with Crippen LogP contribution < -0.4 is 11.3 Å². The van der Waals surface area contributed by atoms with E-state index >= 15 is 0 Å². The van der Waals surface area contributed by atoms with Crippen LogP contribution in [-0.4, -0.2) is 12.7 Å². The molecule has 2 atom stereocenters. The first-order valence-corrected chi connectivity index (χ1v) is 7.09. The number of hydrazine groups is 1. The van der Waals surface area contributed by atoms with E-state index < -0.39 is 0 Å². The Morgan fingerprint density at radius 2 is 1.89 bits per heavy atom. The fourth-order valence-corrected chi connectivity index (χ4v) is 2.40. The Hall–Kier alpha value is -0.320. The van der Waals surface area contributed by atoms with Gasteiger partial charge in [-0.25, -0.2) is 0 Å². The lowest BCUT2D eigenvalue weighted by atomic mass is 9.82. The Labute approximate surface area is 125 Å². The molecule has 1 aromatic rings. The van der Waals surface area contributed by atoms with Crippen LogP contribution in [0, 0.1) is 5.41 Å². The molecule has 3 nitrogen and oxygen atoms in total. The zero-order chi connectivity index (χ0) is 14.6. The molecule has 0 aliphatic heterocycles. The van der Waals surface area contributed by atoms with E-state index in [1.54, 1.807) is 6.07 Å². The van der Waals surface area contributed by atoms with Gasteiger partial charge in [0.15, 0.2) is 0 Å². The largest absolute Gasteiger partial charge is 0.376 e. The Kier molecular flexibility index (Phi) is 6.09. The number of nitrogens with one attached hydrogen (secondary N) is 1. The molecular formula is C14H22Cl2N2O. The minimum Gasteiger partial charge on any atom is -0.376 e. The summed E-state index contributed by atoms with van der Waals surface area (Å²) in [6, 6.07) is 5.37. The van der Waals surface area contributed by atoms with E-state index in [0.717, 1.165) is 5.56 Å². The molecule has 108 valence electrons. The number of hydrogen-bond donors (Lipinski definition) is 2. The molecule has 1 rings (SSSR count). The average Bonchev–Trinajstić information content (AvgIpc) is 2.32. The highest BCUT2D eigenvalue weighted by Crippen LogP contribution is 2.34. The normalized spacial score (nSPS) is 15.3. The highest BCUT2D eigenvalue weighted by Gasteiger charge is 2.33. The summed E-state index contributed by atoms with van der Waals surface area (Å²) in [6.07, 6.45) is -0.0697. The van der Waals surface area contributed by atoms with E-state index in [0.29, 0.717) is 16.7 Å². The molecule has 1 aromatic carbocycles. The third-order valence-electron chi connectivity index (χ3n) is 2.98. The molecule has 0 heterocycles. The Bertz CT molecular complexity index is 418. The highest BCUT2D eigenvalue weighted by molar-refractivity contribution is 6.42. The molecule has 0 fully saturated rings. The average molecular weight is 305 g/mol. The summed E-state index contributed by atoms with van der Waals surface area (Å²) in [4.78, 5) is 0. The van der Waals surface area contributed by atoms with Crippen LogP contribution in [0.1, 0.15) is 39.3 Å². The topological polar surface area (TPSA) is 47.3 Å². The van der Waals surface area contributed by atoms with Crippen LogP contribution in [-0.2, 0) is 4.74 Å². The van der Waals surface area contributed by atoms with Gasteiger partial charge in [-0.15, -0.1) is 0 Å². The minimum atomic E-state index is -0.144. The summed E-state index contributed by atoms with van der Waals surface area (Å²) < 4.78 is 5.87. The summed E-state index contributed by atoms with van der Waals surface area (Å²) in [7, 11) is 0. The van der Waals surface area contributed by atoms with Crippen LogP contribution in [0.25, 0.3) is 0 Å². The third kappa shape index (κ3) is 4.33. The highest BCUT2D eigenvalue weighted by atomic mass is 35.5. The maximum Gasteiger partial charge on any atom is 0.0830 e. The van der Waals surface area contributed by atoms with Crippen molar-refractivity contribution in [1.29, 1.82) is 0 Å². The van der Waals surface area contributed by atoms with Crippen molar-refractivity contribution < 1.29 is 4.74 Å². The first-order valence-electron chi connectivity index (χ1n) is 6.34. The standard InChI is InChI=1S/C14H22Cl2N2O/c1-5-19-13(14(2,3)4)12(18-17)9-6-7-10(15)11(16)8-9/h6-8,12-13,18H,5,17H2,1-4H3. The minimum absolute atomic E-state index is 0.0564. The zero-order valence-electron chi connectivity index (χ0n) is 11.8. The van der Waals surface area contributed by atoms with Gasteiger partial charge >= 0.3 is 0 Å². The molecule has 0 bridgehead atoms. The SMILES string of the molecule is CCOC(C(NN)c1ccc(Cl)c(Cl)c1)C(C)(C)C. The van der Waals surface area contributed by atoms with E-state index in [9.17, 15) is 0 Å². The summed E-state index contributed by atoms with van der Waals surface area (Å²) in [5.41, 5.74) is 3.74. The summed E-state index contributed by atoms with van der Waals surface area (Å²) in [6.45, 7) is 8.96. The van der Waals surface area contributed by atoms with Gasteiger partial charge in [-0.1, -0.05) is 50.0 Å². The van der Waals surface area contributed by atoms with Crippen molar-refractivity contribution in [3.63, 3.8) is 0 Å². The van der Waals surface area contributed by atoms with E-state index in [-0.39, 0.29) is 17.6 Å². The second-order valence-corrected chi connectivity index (χ2v) is 6.37. The first kappa shape index (κ1) is 16.7. The van der Waals surface area contributed by atoms with Gasteiger partial charge in [0.25, 0.3) is 0 Å². The molecule has 0 spiro atoms. The molecular weight excluding hydrogens is 283 g/mol. The van der Waals surface area contributed by atoms with Crippen LogP contribution in [0.5, 0.6) is 0 Å². The monoisotopic (exact) mass is 304 g/mol. The van der Waals surface area contributed by atoms with E-state index in [1.165, 1.54) is 0 Å². The lowest BCUT2D eigenvalue weighted by Crippen LogP contribution is -2.44. The van der Waals surface area contributed by atoms with E-state index in [1.807, 2.05) is 19.1 Å². The number of halogens is 2. The lowest BCUT2D eigenvalue weighted by Gasteiger charge is -2.36. The van der Waals surface area contributed by atoms with Crippen molar-refractivity contribution in [2.75, 3.05) is 6.61 Å². The number of nitrogens with two attached hydrogens (primary N) is 1. The number of hydrogen-bond acceptors (Lipinski definition) is 3. The summed E-state index contributed by atoms with van der Waals surface area (Å²) in [5, 5.41) is 1.05. The Morgan fingerprint density at radius 1 is 1.26 bits per heavy atom. The Balaban J connectivity index is 3.12. The maximum absolute atomic E-state index is 6.07. The fraction of sp³-hybridized carbons (Fsp3) is 0.571. The smallest absolute Gasteiger partial charge is 0.0830 e. The molecule has 0 aliphatic rings. The van der Waals surface area contributed by atoms with E-state index in [4.69, 9.17) is 33.8 Å². The van der Waals surface area contributed by atoms with Gasteiger partial charge in [-0.2, -0.15) is 0 Å². The number of ether oxygens (including phenoxy) is 1. The predicted molar refractivity (Wildman–Crippen MR) is 81.4 cm³/mol. The molecule has 0 aromatic heterocycles. The predicted octanol–water partition coefficient (Wildman–Crippen LogP) is 3.95. The molecule has 0 saturated carbocycles. The Morgan fingerprint density at radius 3 is 2.32 bits per heavy atom. The second kappa shape index (κ2) is 6.91. The van der Waals surface area contributed by atoms with Crippen LogP contribution >= 0.6 is 23.2 Å². The third-order valence-corrected chi connectivity index (χ3v) is 3.72. The second-order valence-electron chi connectivity index (χ2n) is 5.56. The quantitative estimate of drug-likeness (QED) is 0.639. The maximum atomic E-state index is 6.07. The fourth-order valence-electron chi connectivity index (χ4n) is 2.09. The van der Waals surface area contributed by atoms with Gasteiger partial charge in [0.1, 0.15) is 0 Å². The van der Waals surface area contributed by atoms with Crippen LogP contribution in [0.15, 0.2) is 18.2 Å². The zero-order valence-corrected chi connectivity index (χ0v) is 13.3. The van der Waals surface area contributed by atoms with Crippen molar-refractivity contribution in [1.82, 2.24) is 5.43 Å². The van der Waals surface area contributed by atoms with Crippen molar-refractivity contribution >= 4 is 23.2 Å². The molecule has 0 radical (unpaired) electrons. The van der Waals surface area contributed by atoms with Crippen molar-refractivity contribution in [2.24, 2.45) is 11.3 Å². The molecule has 3 N–H and O–H groups in total. The lowest BCUT2D eigenvalue weighted by molar-refractivity contribution is -0.0366. The van der Waals surface area contributed by atoms with Gasteiger partial charge in [0.2, 0.25) is 0 Å². The van der Waals surface area contributed by atoms with Crippen LogP contribution in [0.2, 0.25) is 10.0 Å². The molecule has 0 amide bonds. The van der Waals surface area contributed by atoms with Crippen LogP contribution in [0.3, 0.4) is 0 Å². The molecule has 5 heteroatoms. The van der Waals surface area contributed by atoms with Crippen molar-refractivity contribution in [3.05, 3.63) is 33.8 Å². The van der Waals surface area contributed by atoms with Gasteiger partial charge in [0.05, 0.1) is 22.2 Å². The molecule has 19 heavy (non-hydrogen) atoms. The van der Waals surface area contributed by atoms with Gasteiger partial charge < -0.3 is 4.74 Å². The van der Waals surface area contributed by atoms with Gasteiger partial charge in [-0.3, -0.25) is 11.3 Å². The number of benzene rings is 1. The molecule has 2 unspecified atom stereocenters.